The van der Waals surface area contributed by atoms with E-state index in [0.29, 0.717) is 6.42 Å². The number of carbonyl (C=O) groups is 2. The van der Waals surface area contributed by atoms with E-state index in [-0.39, 0.29) is 0 Å². The number of benzene rings is 1. The van der Waals surface area contributed by atoms with Crippen LogP contribution in [0.25, 0.3) is 0 Å². The van der Waals surface area contributed by atoms with Crippen molar-refractivity contribution in [2.24, 2.45) is 0 Å². The molecule has 1 aromatic rings. The first kappa shape index (κ1) is 11.8. The van der Waals surface area contributed by atoms with Gasteiger partial charge in [0.1, 0.15) is 6.10 Å². The smallest absolute Gasteiger partial charge is 0.455 e. The van der Waals surface area contributed by atoms with E-state index < -0.39 is 30.4 Å². The first-order valence-electron chi connectivity index (χ1n) is 6.03. The first-order valence-corrected chi connectivity index (χ1v) is 6.03. The summed E-state index contributed by atoms with van der Waals surface area (Å²) >= 11 is 0. The molecular formula is C14H12O5. The molecule has 0 saturated carbocycles. The first-order chi connectivity index (χ1) is 9.24. The molecule has 0 amide bonds. The molecule has 2 aliphatic rings. The monoisotopic (exact) mass is 260 g/mol. The fourth-order valence-corrected chi connectivity index (χ4v) is 2.28. The zero-order chi connectivity index (χ0) is 13.2. The molecule has 2 aliphatic heterocycles. The van der Waals surface area contributed by atoms with Crippen molar-refractivity contribution < 1.29 is 23.8 Å². The number of hydrogen-bond donors (Lipinski definition) is 0. The van der Waals surface area contributed by atoms with Crippen molar-refractivity contribution in [3.05, 3.63) is 48.0 Å². The Bertz CT molecular complexity index is 522. The SMILES string of the molecule is O=C1C=CC[C@@H]([C@H]2OC(=O)O[C@H]2c2ccccc2)O1. The van der Waals surface area contributed by atoms with Crippen LogP contribution in [-0.4, -0.2) is 24.3 Å². The average Bonchev–Trinajstić information content (AvgIpc) is 2.82. The van der Waals surface area contributed by atoms with Crippen LogP contribution >= 0.6 is 0 Å². The molecule has 0 N–H and O–H groups in total. The summed E-state index contributed by atoms with van der Waals surface area (Å²) in [4.78, 5) is 22.6. The van der Waals surface area contributed by atoms with Crippen LogP contribution in [0.5, 0.6) is 0 Å². The summed E-state index contributed by atoms with van der Waals surface area (Å²) in [5.41, 5.74) is 0.823. The van der Waals surface area contributed by atoms with Gasteiger partial charge >= 0.3 is 12.1 Å². The summed E-state index contributed by atoms with van der Waals surface area (Å²) in [5, 5.41) is 0. The second-order valence-corrected chi connectivity index (χ2v) is 4.40. The lowest BCUT2D eigenvalue weighted by Crippen LogP contribution is -2.35. The molecular weight excluding hydrogens is 248 g/mol. The Labute approximate surface area is 109 Å². The molecule has 98 valence electrons. The van der Waals surface area contributed by atoms with Gasteiger partial charge < -0.3 is 14.2 Å². The molecule has 3 rings (SSSR count). The molecule has 5 nitrogen and oxygen atoms in total. The van der Waals surface area contributed by atoms with Crippen LogP contribution in [0, 0.1) is 0 Å². The van der Waals surface area contributed by atoms with Gasteiger partial charge in [-0.15, -0.1) is 0 Å². The topological polar surface area (TPSA) is 61.8 Å². The van der Waals surface area contributed by atoms with Gasteiger partial charge in [0.05, 0.1) is 0 Å². The molecule has 5 heteroatoms. The van der Waals surface area contributed by atoms with Gasteiger partial charge in [0.25, 0.3) is 0 Å². The number of rotatable bonds is 2. The fourth-order valence-electron chi connectivity index (χ4n) is 2.28. The lowest BCUT2D eigenvalue weighted by Gasteiger charge is -2.25. The number of ether oxygens (including phenoxy) is 3. The molecule has 0 unspecified atom stereocenters. The summed E-state index contributed by atoms with van der Waals surface area (Å²) in [7, 11) is 0. The van der Waals surface area contributed by atoms with Crippen LogP contribution in [0.3, 0.4) is 0 Å². The van der Waals surface area contributed by atoms with Gasteiger partial charge in [-0.25, -0.2) is 9.59 Å². The Hall–Kier alpha value is -2.30. The summed E-state index contributed by atoms with van der Waals surface area (Å²) in [6.45, 7) is 0. The number of esters is 1. The van der Waals surface area contributed by atoms with Crippen molar-refractivity contribution in [1.29, 1.82) is 0 Å². The molecule has 19 heavy (non-hydrogen) atoms. The quantitative estimate of drug-likeness (QED) is 0.762. The molecule has 2 heterocycles. The van der Waals surface area contributed by atoms with E-state index in [1.807, 2.05) is 30.3 Å². The predicted molar refractivity (Wildman–Crippen MR) is 64.2 cm³/mol. The zero-order valence-corrected chi connectivity index (χ0v) is 10.0. The van der Waals surface area contributed by atoms with Gasteiger partial charge in [0.15, 0.2) is 12.2 Å². The summed E-state index contributed by atoms with van der Waals surface area (Å²) in [6, 6.07) is 9.27. The van der Waals surface area contributed by atoms with E-state index in [0.717, 1.165) is 5.56 Å². The Morgan fingerprint density at radius 3 is 2.53 bits per heavy atom. The maximum Gasteiger partial charge on any atom is 0.509 e. The lowest BCUT2D eigenvalue weighted by atomic mass is 9.98. The Morgan fingerprint density at radius 2 is 1.79 bits per heavy atom. The standard InChI is InChI=1S/C14H12O5/c15-11-8-4-7-10(17-11)13-12(18-14(16)19-13)9-5-2-1-3-6-9/h1-6,8,10,12-13H,7H2/t10-,12-,13+/m0/s1. The second kappa shape index (κ2) is 4.76. The van der Waals surface area contributed by atoms with Crippen LogP contribution in [0.2, 0.25) is 0 Å². The molecule has 0 bridgehead atoms. The van der Waals surface area contributed by atoms with E-state index in [1.54, 1.807) is 6.08 Å². The largest absolute Gasteiger partial charge is 0.509 e. The summed E-state index contributed by atoms with van der Waals surface area (Å²) < 4.78 is 15.5. The van der Waals surface area contributed by atoms with Crippen LogP contribution in [0.4, 0.5) is 4.79 Å². The highest BCUT2D eigenvalue weighted by molar-refractivity contribution is 5.82. The van der Waals surface area contributed by atoms with Crippen molar-refractivity contribution in [2.45, 2.75) is 24.7 Å². The van der Waals surface area contributed by atoms with E-state index in [4.69, 9.17) is 14.2 Å². The summed E-state index contributed by atoms with van der Waals surface area (Å²) in [5.74, 6) is -0.425. The van der Waals surface area contributed by atoms with E-state index in [1.165, 1.54) is 6.08 Å². The van der Waals surface area contributed by atoms with E-state index in [9.17, 15) is 9.59 Å². The molecule has 0 aromatic heterocycles. The number of cyclic esters (lactones) is 3. The Kier molecular flexibility index (Phi) is 2.95. The van der Waals surface area contributed by atoms with Gasteiger partial charge in [0, 0.05) is 12.5 Å². The van der Waals surface area contributed by atoms with Crippen molar-refractivity contribution >= 4 is 12.1 Å². The van der Waals surface area contributed by atoms with Gasteiger partial charge in [-0.1, -0.05) is 36.4 Å². The highest BCUT2D eigenvalue weighted by Crippen LogP contribution is 2.34. The maximum atomic E-state index is 11.4. The lowest BCUT2D eigenvalue weighted by molar-refractivity contribution is -0.150. The van der Waals surface area contributed by atoms with Crippen molar-refractivity contribution in [2.75, 3.05) is 0 Å². The Balaban J connectivity index is 1.85. The molecule has 1 fully saturated rings. The van der Waals surface area contributed by atoms with Crippen LogP contribution in [-0.2, 0) is 19.0 Å². The molecule has 0 aliphatic carbocycles. The maximum absolute atomic E-state index is 11.4. The number of carbonyl (C=O) groups excluding carboxylic acids is 2. The van der Waals surface area contributed by atoms with Gasteiger partial charge in [-0.3, -0.25) is 0 Å². The van der Waals surface area contributed by atoms with Crippen molar-refractivity contribution in [1.82, 2.24) is 0 Å². The fraction of sp³-hybridized carbons (Fsp3) is 0.286. The molecule has 0 spiro atoms. The molecule has 3 atom stereocenters. The van der Waals surface area contributed by atoms with Crippen LogP contribution in [0.1, 0.15) is 18.1 Å². The second-order valence-electron chi connectivity index (χ2n) is 4.40. The van der Waals surface area contributed by atoms with Crippen molar-refractivity contribution in [3.8, 4) is 0 Å². The van der Waals surface area contributed by atoms with E-state index >= 15 is 0 Å². The minimum atomic E-state index is -0.732. The minimum Gasteiger partial charge on any atom is -0.455 e. The van der Waals surface area contributed by atoms with Gasteiger partial charge in [-0.2, -0.15) is 0 Å². The van der Waals surface area contributed by atoms with Gasteiger partial charge in [0.2, 0.25) is 0 Å². The summed E-state index contributed by atoms with van der Waals surface area (Å²) in [6.07, 6.45) is 1.20. The Morgan fingerprint density at radius 1 is 1.00 bits per heavy atom. The van der Waals surface area contributed by atoms with Crippen molar-refractivity contribution in [3.63, 3.8) is 0 Å². The third-order valence-corrected chi connectivity index (χ3v) is 3.14. The minimum absolute atomic E-state index is 0.425. The highest BCUT2D eigenvalue weighted by Gasteiger charge is 2.44. The molecule has 1 saturated heterocycles. The van der Waals surface area contributed by atoms with Crippen LogP contribution in [0.15, 0.2) is 42.5 Å². The predicted octanol–water partition coefficient (Wildman–Crippen LogP) is 2.13. The normalized spacial score (nSPS) is 29.6. The van der Waals surface area contributed by atoms with Gasteiger partial charge in [-0.05, 0) is 5.56 Å². The van der Waals surface area contributed by atoms with Crippen LogP contribution < -0.4 is 0 Å². The third kappa shape index (κ3) is 2.31. The molecule has 1 aromatic carbocycles. The third-order valence-electron chi connectivity index (χ3n) is 3.14. The highest BCUT2D eigenvalue weighted by atomic mass is 16.8. The zero-order valence-electron chi connectivity index (χ0n) is 10.0. The number of hydrogen-bond acceptors (Lipinski definition) is 5. The average molecular weight is 260 g/mol. The molecule has 0 radical (unpaired) electrons. The van der Waals surface area contributed by atoms with E-state index in [2.05, 4.69) is 0 Å².